The SMILES string of the molecule is C=C(C)C(=O)OCC1CO1.C=CC(=O)OC(CC1CCC2OC2C1)=C(C)C(=O)OCC1CCC2OC2C1. The number of rotatable bonds is 10. The third kappa shape index (κ3) is 8.51. The molecule has 0 spiro atoms. The number of epoxide rings is 3. The highest BCUT2D eigenvalue weighted by atomic mass is 16.6. The van der Waals surface area contributed by atoms with Crippen LogP contribution in [0, 0.1) is 11.8 Å². The number of fused-ring (bicyclic) bond motifs is 2. The number of allylic oxidation sites excluding steroid dienone is 1. The fourth-order valence-corrected chi connectivity index (χ4v) is 4.88. The standard InChI is InChI=1S/C21H28O6.C7H10O3/c1-3-20(22)27-17(8-13-4-6-15-18(9-13)25-15)12(2)21(23)24-11-14-5-7-16-19(10-14)26-16;1-5(2)7(8)10-4-6-3-9-6/h3,13-16,18-19H,1,4-11H2,2H3;6H,1,3-4H2,2H3. The topological polar surface area (TPSA) is 116 Å². The Morgan fingerprint density at radius 2 is 1.46 bits per heavy atom. The molecule has 0 N–H and O–H groups in total. The zero-order valence-electron chi connectivity index (χ0n) is 21.8. The number of carbonyl (C=O) groups is 3. The van der Waals surface area contributed by atoms with Gasteiger partial charge in [0.25, 0.3) is 0 Å². The Balaban J connectivity index is 0.000000270. The van der Waals surface area contributed by atoms with Crippen molar-refractivity contribution in [2.75, 3.05) is 19.8 Å². The van der Waals surface area contributed by atoms with Crippen molar-refractivity contribution in [3.63, 3.8) is 0 Å². The van der Waals surface area contributed by atoms with E-state index in [-0.39, 0.29) is 12.1 Å². The van der Waals surface area contributed by atoms with Crippen LogP contribution in [-0.2, 0) is 42.8 Å². The average Bonchev–Trinajstić information content (AvgIpc) is 3.74. The third-order valence-corrected chi connectivity index (χ3v) is 7.42. The van der Waals surface area contributed by atoms with Gasteiger partial charge in [0.05, 0.1) is 43.2 Å². The fourth-order valence-electron chi connectivity index (χ4n) is 4.88. The van der Waals surface area contributed by atoms with E-state index in [1.807, 2.05) is 0 Å². The van der Waals surface area contributed by atoms with Crippen molar-refractivity contribution >= 4 is 17.9 Å². The number of hydrogen-bond acceptors (Lipinski definition) is 9. The van der Waals surface area contributed by atoms with Crippen molar-refractivity contribution < 1.29 is 42.8 Å². The van der Waals surface area contributed by atoms with Crippen LogP contribution in [-0.4, -0.2) is 68.2 Å². The molecule has 5 aliphatic rings. The summed E-state index contributed by atoms with van der Waals surface area (Å²) < 4.78 is 31.6. The molecule has 3 aliphatic heterocycles. The van der Waals surface area contributed by atoms with Crippen molar-refractivity contribution in [1.29, 1.82) is 0 Å². The van der Waals surface area contributed by atoms with Crippen LogP contribution >= 0.6 is 0 Å². The molecule has 2 saturated carbocycles. The molecule has 3 saturated heterocycles. The lowest BCUT2D eigenvalue weighted by atomic mass is 9.86. The summed E-state index contributed by atoms with van der Waals surface area (Å²) in [4.78, 5) is 35.0. The highest BCUT2D eigenvalue weighted by Crippen LogP contribution is 2.42. The zero-order chi connectivity index (χ0) is 26.5. The van der Waals surface area contributed by atoms with Gasteiger partial charge in [-0.2, -0.15) is 0 Å². The smallest absolute Gasteiger partial charge is 0.337 e. The van der Waals surface area contributed by atoms with E-state index < -0.39 is 11.9 Å². The predicted octanol–water partition coefficient (Wildman–Crippen LogP) is 3.56. The van der Waals surface area contributed by atoms with Crippen LogP contribution in [0.25, 0.3) is 0 Å². The maximum absolute atomic E-state index is 12.5. The summed E-state index contributed by atoms with van der Waals surface area (Å²) in [5.41, 5.74) is 0.807. The van der Waals surface area contributed by atoms with Crippen LogP contribution in [0.2, 0.25) is 0 Å². The Kier molecular flexibility index (Phi) is 9.21. The van der Waals surface area contributed by atoms with E-state index in [9.17, 15) is 14.4 Å². The van der Waals surface area contributed by atoms with Crippen LogP contribution in [0.5, 0.6) is 0 Å². The first kappa shape index (κ1) is 27.5. The molecule has 37 heavy (non-hydrogen) atoms. The highest BCUT2D eigenvalue weighted by molar-refractivity contribution is 5.89. The van der Waals surface area contributed by atoms with Crippen LogP contribution in [0.4, 0.5) is 0 Å². The van der Waals surface area contributed by atoms with Crippen molar-refractivity contribution in [1.82, 2.24) is 0 Å². The van der Waals surface area contributed by atoms with E-state index in [1.54, 1.807) is 13.8 Å². The summed E-state index contributed by atoms with van der Waals surface area (Å²) >= 11 is 0. The summed E-state index contributed by atoms with van der Waals surface area (Å²) in [5.74, 6) is -0.174. The van der Waals surface area contributed by atoms with Crippen LogP contribution < -0.4 is 0 Å². The molecule has 0 bridgehead atoms. The van der Waals surface area contributed by atoms with E-state index in [4.69, 9.17) is 28.4 Å². The first-order valence-corrected chi connectivity index (χ1v) is 13.2. The number of ether oxygens (including phenoxy) is 6. The molecule has 204 valence electrons. The predicted molar refractivity (Wildman–Crippen MR) is 132 cm³/mol. The molecule has 0 aromatic carbocycles. The summed E-state index contributed by atoms with van der Waals surface area (Å²) in [7, 11) is 0. The second kappa shape index (κ2) is 12.4. The molecule has 0 aromatic heterocycles. The maximum Gasteiger partial charge on any atom is 0.337 e. The number of carbonyl (C=O) groups excluding carboxylic acids is 3. The Morgan fingerprint density at radius 1 is 0.865 bits per heavy atom. The maximum atomic E-state index is 12.5. The normalized spacial score (nSPS) is 33.1. The van der Waals surface area contributed by atoms with E-state index in [1.165, 1.54) is 0 Å². The average molecular weight is 519 g/mol. The minimum atomic E-state index is -0.544. The van der Waals surface area contributed by atoms with Gasteiger partial charge in [-0.15, -0.1) is 0 Å². The van der Waals surface area contributed by atoms with Crippen molar-refractivity contribution in [3.05, 3.63) is 36.1 Å². The molecule has 0 amide bonds. The van der Waals surface area contributed by atoms with Gasteiger partial charge in [0, 0.05) is 18.1 Å². The molecule has 9 nitrogen and oxygen atoms in total. The first-order valence-electron chi connectivity index (χ1n) is 13.2. The fraction of sp³-hybridized carbons (Fsp3) is 0.679. The molecule has 7 atom stereocenters. The van der Waals surface area contributed by atoms with E-state index in [2.05, 4.69) is 13.2 Å². The molecular formula is C28H38O9. The van der Waals surface area contributed by atoms with Crippen molar-refractivity contribution in [2.45, 2.75) is 89.3 Å². The lowest BCUT2D eigenvalue weighted by Gasteiger charge is -2.22. The molecule has 0 aromatic rings. The van der Waals surface area contributed by atoms with Crippen molar-refractivity contribution in [2.24, 2.45) is 11.8 Å². The molecule has 7 unspecified atom stereocenters. The van der Waals surface area contributed by atoms with Gasteiger partial charge in [0.15, 0.2) is 0 Å². The quantitative estimate of drug-likeness (QED) is 0.141. The van der Waals surface area contributed by atoms with Crippen molar-refractivity contribution in [3.8, 4) is 0 Å². The second-order valence-corrected chi connectivity index (χ2v) is 10.6. The van der Waals surface area contributed by atoms with Crippen LogP contribution in [0.1, 0.15) is 58.8 Å². The Morgan fingerprint density at radius 3 is 2.03 bits per heavy atom. The van der Waals surface area contributed by atoms with Gasteiger partial charge in [-0.05, 0) is 64.2 Å². The summed E-state index contributed by atoms with van der Waals surface area (Å²) in [5, 5.41) is 0. The molecule has 9 heteroatoms. The number of esters is 3. The van der Waals surface area contributed by atoms with Gasteiger partial charge in [0.1, 0.15) is 18.5 Å². The molecule has 0 radical (unpaired) electrons. The van der Waals surface area contributed by atoms with Gasteiger partial charge in [-0.3, -0.25) is 0 Å². The first-order chi connectivity index (χ1) is 17.7. The van der Waals surface area contributed by atoms with E-state index >= 15 is 0 Å². The molecule has 5 fully saturated rings. The van der Waals surface area contributed by atoms with Gasteiger partial charge in [-0.1, -0.05) is 13.2 Å². The molecular weight excluding hydrogens is 480 g/mol. The lowest BCUT2D eigenvalue weighted by Crippen LogP contribution is -2.22. The van der Waals surface area contributed by atoms with Gasteiger partial charge in [0.2, 0.25) is 0 Å². The van der Waals surface area contributed by atoms with Gasteiger partial charge < -0.3 is 28.4 Å². The minimum Gasteiger partial charge on any atom is -0.462 e. The zero-order valence-corrected chi connectivity index (χ0v) is 21.8. The summed E-state index contributed by atoms with van der Waals surface area (Å²) in [6.45, 7) is 11.7. The van der Waals surface area contributed by atoms with Gasteiger partial charge in [-0.25, -0.2) is 14.4 Å². The Hall–Kier alpha value is -2.49. The summed E-state index contributed by atoms with van der Waals surface area (Å²) in [6.07, 6.45) is 9.42. The molecule has 2 aliphatic carbocycles. The highest BCUT2D eigenvalue weighted by Gasteiger charge is 2.45. The summed E-state index contributed by atoms with van der Waals surface area (Å²) in [6, 6.07) is 0. The van der Waals surface area contributed by atoms with Crippen LogP contribution in [0.3, 0.4) is 0 Å². The van der Waals surface area contributed by atoms with Crippen LogP contribution in [0.15, 0.2) is 36.1 Å². The Bertz CT molecular complexity index is 934. The lowest BCUT2D eigenvalue weighted by molar-refractivity contribution is -0.141. The van der Waals surface area contributed by atoms with E-state index in [0.29, 0.717) is 79.4 Å². The second-order valence-electron chi connectivity index (χ2n) is 10.6. The Labute approximate surface area is 218 Å². The molecule has 5 rings (SSSR count). The molecule has 3 heterocycles. The van der Waals surface area contributed by atoms with Gasteiger partial charge >= 0.3 is 17.9 Å². The third-order valence-electron chi connectivity index (χ3n) is 7.42. The monoisotopic (exact) mass is 518 g/mol. The largest absolute Gasteiger partial charge is 0.462 e. The number of hydrogen-bond donors (Lipinski definition) is 0. The van der Waals surface area contributed by atoms with E-state index in [0.717, 1.165) is 44.6 Å². The minimum absolute atomic E-state index is 0.142.